The molecular formula is C11H24N2O. The molecule has 1 atom stereocenters. The van der Waals surface area contributed by atoms with Crippen LogP contribution in [0.1, 0.15) is 33.1 Å². The number of nitrogens with one attached hydrogen (secondary N) is 1. The van der Waals surface area contributed by atoms with Gasteiger partial charge < -0.3 is 16.2 Å². The lowest BCUT2D eigenvalue weighted by Gasteiger charge is -2.40. The van der Waals surface area contributed by atoms with Crippen molar-refractivity contribution in [2.75, 3.05) is 19.6 Å². The predicted molar refractivity (Wildman–Crippen MR) is 59.1 cm³/mol. The van der Waals surface area contributed by atoms with Crippen LogP contribution in [0.4, 0.5) is 0 Å². The third-order valence-electron chi connectivity index (χ3n) is 3.44. The van der Waals surface area contributed by atoms with Gasteiger partial charge in [0.05, 0.1) is 6.10 Å². The van der Waals surface area contributed by atoms with Crippen LogP contribution < -0.4 is 11.1 Å². The van der Waals surface area contributed by atoms with Crippen LogP contribution in [0, 0.1) is 11.3 Å². The molecule has 84 valence electrons. The molecule has 0 saturated heterocycles. The topological polar surface area (TPSA) is 58.3 Å². The molecule has 1 rings (SSSR count). The SMILES string of the molecule is CC(C)(CNCC(O)CN)C1CCC1. The highest BCUT2D eigenvalue weighted by molar-refractivity contribution is 4.86. The first-order chi connectivity index (χ1) is 6.56. The summed E-state index contributed by atoms with van der Waals surface area (Å²) in [4.78, 5) is 0. The van der Waals surface area contributed by atoms with E-state index in [-0.39, 0.29) is 0 Å². The summed E-state index contributed by atoms with van der Waals surface area (Å²) in [5.74, 6) is 0.866. The zero-order valence-electron chi connectivity index (χ0n) is 9.42. The Morgan fingerprint density at radius 3 is 2.57 bits per heavy atom. The van der Waals surface area contributed by atoms with Gasteiger partial charge in [0.2, 0.25) is 0 Å². The van der Waals surface area contributed by atoms with Crippen molar-refractivity contribution in [1.29, 1.82) is 0 Å². The van der Waals surface area contributed by atoms with Gasteiger partial charge in [-0.2, -0.15) is 0 Å². The molecule has 1 aliphatic carbocycles. The van der Waals surface area contributed by atoms with Crippen LogP contribution in [0.5, 0.6) is 0 Å². The Hall–Kier alpha value is -0.120. The Morgan fingerprint density at radius 1 is 1.50 bits per heavy atom. The minimum atomic E-state index is -0.396. The van der Waals surface area contributed by atoms with E-state index in [4.69, 9.17) is 5.73 Å². The maximum absolute atomic E-state index is 9.28. The molecular weight excluding hydrogens is 176 g/mol. The van der Waals surface area contributed by atoms with E-state index in [1.165, 1.54) is 19.3 Å². The van der Waals surface area contributed by atoms with Gasteiger partial charge in [-0.15, -0.1) is 0 Å². The third-order valence-corrected chi connectivity index (χ3v) is 3.44. The molecule has 3 heteroatoms. The van der Waals surface area contributed by atoms with Gasteiger partial charge in [-0.25, -0.2) is 0 Å². The summed E-state index contributed by atoms with van der Waals surface area (Å²) >= 11 is 0. The molecule has 1 saturated carbocycles. The molecule has 3 nitrogen and oxygen atoms in total. The monoisotopic (exact) mass is 200 g/mol. The average molecular weight is 200 g/mol. The highest BCUT2D eigenvalue weighted by Crippen LogP contribution is 2.41. The molecule has 14 heavy (non-hydrogen) atoms. The highest BCUT2D eigenvalue weighted by atomic mass is 16.3. The van der Waals surface area contributed by atoms with Crippen LogP contribution in [0.15, 0.2) is 0 Å². The maximum atomic E-state index is 9.28. The van der Waals surface area contributed by atoms with Gasteiger partial charge in [-0.3, -0.25) is 0 Å². The number of aliphatic hydroxyl groups excluding tert-OH is 1. The first kappa shape index (κ1) is 12.0. The number of rotatable bonds is 6. The molecule has 0 amide bonds. The van der Waals surface area contributed by atoms with Crippen LogP contribution in [-0.4, -0.2) is 30.8 Å². The third kappa shape index (κ3) is 3.23. The van der Waals surface area contributed by atoms with Gasteiger partial charge in [0.15, 0.2) is 0 Å². The fourth-order valence-electron chi connectivity index (χ4n) is 1.98. The molecule has 0 aromatic heterocycles. The van der Waals surface area contributed by atoms with Crippen molar-refractivity contribution in [3.63, 3.8) is 0 Å². The molecule has 0 heterocycles. The molecule has 0 radical (unpaired) electrons. The maximum Gasteiger partial charge on any atom is 0.0786 e. The van der Waals surface area contributed by atoms with Crippen molar-refractivity contribution in [3.8, 4) is 0 Å². The van der Waals surface area contributed by atoms with Crippen LogP contribution in [-0.2, 0) is 0 Å². The van der Waals surface area contributed by atoms with Gasteiger partial charge >= 0.3 is 0 Å². The molecule has 0 bridgehead atoms. The lowest BCUT2D eigenvalue weighted by molar-refractivity contribution is 0.110. The summed E-state index contributed by atoms with van der Waals surface area (Å²) in [7, 11) is 0. The Labute approximate surface area is 87.1 Å². The Morgan fingerprint density at radius 2 is 2.14 bits per heavy atom. The Kier molecular flexibility index (Phi) is 4.35. The van der Waals surface area contributed by atoms with E-state index in [2.05, 4.69) is 19.2 Å². The molecule has 0 spiro atoms. The van der Waals surface area contributed by atoms with Crippen LogP contribution in [0.2, 0.25) is 0 Å². The minimum absolute atomic E-state index is 0.344. The van der Waals surface area contributed by atoms with Crippen molar-refractivity contribution >= 4 is 0 Å². The van der Waals surface area contributed by atoms with E-state index >= 15 is 0 Å². The number of aliphatic hydroxyl groups is 1. The fraction of sp³-hybridized carbons (Fsp3) is 1.00. The van der Waals surface area contributed by atoms with Crippen LogP contribution in [0.25, 0.3) is 0 Å². The molecule has 1 unspecified atom stereocenters. The van der Waals surface area contributed by atoms with Crippen molar-refractivity contribution in [2.24, 2.45) is 17.1 Å². The largest absolute Gasteiger partial charge is 0.390 e. The zero-order chi connectivity index (χ0) is 10.6. The second kappa shape index (κ2) is 5.10. The normalized spacial score (nSPS) is 20.6. The Bertz CT molecular complexity index is 167. The summed E-state index contributed by atoms with van der Waals surface area (Å²) in [6, 6.07) is 0. The second-order valence-electron chi connectivity index (χ2n) is 5.14. The summed E-state index contributed by atoms with van der Waals surface area (Å²) in [6.07, 6.45) is 3.73. The molecule has 0 aliphatic heterocycles. The summed E-state index contributed by atoms with van der Waals surface area (Å²) in [5.41, 5.74) is 5.70. The molecule has 0 aromatic rings. The quantitative estimate of drug-likeness (QED) is 0.592. The highest BCUT2D eigenvalue weighted by Gasteiger charge is 2.33. The average Bonchev–Trinajstić information content (AvgIpc) is 1.99. The van der Waals surface area contributed by atoms with E-state index < -0.39 is 6.10 Å². The molecule has 4 N–H and O–H groups in total. The van der Waals surface area contributed by atoms with Crippen LogP contribution >= 0.6 is 0 Å². The Balaban J connectivity index is 2.15. The van der Waals surface area contributed by atoms with Gasteiger partial charge in [-0.05, 0) is 24.2 Å². The lowest BCUT2D eigenvalue weighted by Crippen LogP contribution is -2.42. The molecule has 1 fully saturated rings. The number of hydrogen-bond donors (Lipinski definition) is 3. The van der Waals surface area contributed by atoms with E-state index in [1.807, 2.05) is 0 Å². The molecule has 0 aromatic carbocycles. The van der Waals surface area contributed by atoms with Gasteiger partial charge in [0.25, 0.3) is 0 Å². The second-order valence-corrected chi connectivity index (χ2v) is 5.14. The standard InChI is InChI=1S/C11H24N2O/c1-11(2,9-4-3-5-9)8-13-7-10(14)6-12/h9-10,13-14H,3-8,12H2,1-2H3. The van der Waals surface area contributed by atoms with E-state index in [0.29, 0.717) is 18.5 Å². The van der Waals surface area contributed by atoms with Crippen molar-refractivity contribution in [1.82, 2.24) is 5.32 Å². The van der Waals surface area contributed by atoms with E-state index in [1.54, 1.807) is 0 Å². The smallest absolute Gasteiger partial charge is 0.0786 e. The number of nitrogens with two attached hydrogens (primary N) is 1. The van der Waals surface area contributed by atoms with Gasteiger partial charge in [-0.1, -0.05) is 20.3 Å². The van der Waals surface area contributed by atoms with Crippen molar-refractivity contribution in [3.05, 3.63) is 0 Å². The van der Waals surface area contributed by atoms with Crippen molar-refractivity contribution < 1.29 is 5.11 Å². The lowest BCUT2D eigenvalue weighted by atomic mass is 9.67. The van der Waals surface area contributed by atoms with Gasteiger partial charge in [0.1, 0.15) is 0 Å². The first-order valence-corrected chi connectivity index (χ1v) is 5.65. The van der Waals surface area contributed by atoms with E-state index in [0.717, 1.165) is 12.5 Å². The summed E-state index contributed by atoms with van der Waals surface area (Å²) < 4.78 is 0. The van der Waals surface area contributed by atoms with Crippen molar-refractivity contribution in [2.45, 2.75) is 39.2 Å². The predicted octanol–water partition coefficient (Wildman–Crippen LogP) is 0.722. The fourth-order valence-corrected chi connectivity index (χ4v) is 1.98. The first-order valence-electron chi connectivity index (χ1n) is 5.65. The number of hydrogen-bond acceptors (Lipinski definition) is 3. The zero-order valence-corrected chi connectivity index (χ0v) is 9.42. The summed E-state index contributed by atoms with van der Waals surface area (Å²) in [6.45, 7) is 6.55. The van der Waals surface area contributed by atoms with E-state index in [9.17, 15) is 5.11 Å². The summed E-state index contributed by atoms with van der Waals surface area (Å²) in [5, 5.41) is 12.6. The van der Waals surface area contributed by atoms with Crippen LogP contribution in [0.3, 0.4) is 0 Å². The van der Waals surface area contributed by atoms with Gasteiger partial charge in [0, 0.05) is 19.6 Å². The minimum Gasteiger partial charge on any atom is -0.390 e. The molecule has 1 aliphatic rings.